The van der Waals surface area contributed by atoms with Crippen LogP contribution < -0.4 is 5.32 Å². The Kier molecular flexibility index (Phi) is 4.45. The fraction of sp³-hybridized carbons (Fsp3) is 0.571. The summed E-state index contributed by atoms with van der Waals surface area (Å²) in [4.78, 5) is 26.2. The molecular formula is C14H20N2O3S. The van der Waals surface area contributed by atoms with E-state index >= 15 is 0 Å². The molecule has 2 atom stereocenters. The van der Waals surface area contributed by atoms with Gasteiger partial charge in [-0.3, -0.25) is 9.59 Å². The van der Waals surface area contributed by atoms with Crippen molar-refractivity contribution in [1.82, 2.24) is 10.2 Å². The molecule has 1 aromatic rings. The van der Waals surface area contributed by atoms with Gasteiger partial charge in [0.2, 0.25) is 11.8 Å². The Morgan fingerprint density at radius 1 is 1.60 bits per heavy atom. The summed E-state index contributed by atoms with van der Waals surface area (Å²) in [6.45, 7) is 4.13. The van der Waals surface area contributed by atoms with E-state index in [1.165, 1.54) is 18.3 Å². The second-order valence-corrected chi connectivity index (χ2v) is 6.51. The minimum absolute atomic E-state index is 0.0325. The number of carbonyl (C=O) groups excluding carboxylic acids is 2. The van der Waals surface area contributed by atoms with Crippen LogP contribution in [0.4, 0.5) is 0 Å². The van der Waals surface area contributed by atoms with E-state index in [9.17, 15) is 14.7 Å². The van der Waals surface area contributed by atoms with Crippen LogP contribution in [0.5, 0.6) is 0 Å². The van der Waals surface area contributed by atoms with Crippen molar-refractivity contribution >= 4 is 23.2 Å². The molecule has 1 aliphatic heterocycles. The Morgan fingerprint density at radius 3 is 2.85 bits per heavy atom. The van der Waals surface area contributed by atoms with Crippen molar-refractivity contribution in [3.63, 3.8) is 0 Å². The zero-order valence-electron chi connectivity index (χ0n) is 11.8. The standard InChI is InChI=1S/C14H20N2O3S/c1-10(17)15-11(12-4-3-7-20-12)8-13(18)16-6-5-14(2,19)9-16/h3-4,7,11,19H,5-6,8-9H2,1-2H3,(H,15,17). The molecule has 20 heavy (non-hydrogen) atoms. The third kappa shape index (κ3) is 3.80. The maximum Gasteiger partial charge on any atom is 0.225 e. The SMILES string of the molecule is CC(=O)NC(CC(=O)N1CCC(C)(O)C1)c1cccs1. The van der Waals surface area contributed by atoms with Crippen molar-refractivity contribution in [1.29, 1.82) is 0 Å². The lowest BCUT2D eigenvalue weighted by Gasteiger charge is -2.22. The molecule has 0 bridgehead atoms. The topological polar surface area (TPSA) is 69.6 Å². The summed E-state index contributed by atoms with van der Waals surface area (Å²) in [7, 11) is 0. The van der Waals surface area contributed by atoms with Gasteiger partial charge in [0.25, 0.3) is 0 Å². The molecule has 2 amide bonds. The molecule has 0 radical (unpaired) electrons. The van der Waals surface area contributed by atoms with Gasteiger partial charge in [-0.05, 0) is 24.8 Å². The lowest BCUT2D eigenvalue weighted by atomic mass is 10.1. The number of hydrogen-bond acceptors (Lipinski definition) is 4. The molecule has 2 unspecified atom stereocenters. The van der Waals surface area contributed by atoms with E-state index in [1.807, 2.05) is 17.5 Å². The van der Waals surface area contributed by atoms with Gasteiger partial charge >= 0.3 is 0 Å². The van der Waals surface area contributed by atoms with Crippen LogP contribution in [-0.4, -0.2) is 40.5 Å². The quantitative estimate of drug-likeness (QED) is 0.880. The number of rotatable bonds is 4. The molecule has 2 N–H and O–H groups in total. The van der Waals surface area contributed by atoms with Crippen molar-refractivity contribution < 1.29 is 14.7 Å². The molecule has 0 spiro atoms. The maximum absolute atomic E-state index is 12.3. The van der Waals surface area contributed by atoms with Crippen LogP contribution >= 0.6 is 11.3 Å². The lowest BCUT2D eigenvalue weighted by Crippen LogP contribution is -2.37. The Bertz CT molecular complexity index is 485. The Morgan fingerprint density at radius 2 is 2.35 bits per heavy atom. The minimum atomic E-state index is -0.790. The summed E-state index contributed by atoms with van der Waals surface area (Å²) >= 11 is 1.52. The molecule has 2 rings (SSSR count). The van der Waals surface area contributed by atoms with Crippen molar-refractivity contribution in [3.05, 3.63) is 22.4 Å². The normalized spacial score (nSPS) is 23.6. The van der Waals surface area contributed by atoms with Crippen LogP contribution in [0.3, 0.4) is 0 Å². The third-order valence-corrected chi connectivity index (χ3v) is 4.43. The summed E-state index contributed by atoms with van der Waals surface area (Å²) < 4.78 is 0. The van der Waals surface area contributed by atoms with Crippen LogP contribution in [0.15, 0.2) is 17.5 Å². The fourth-order valence-electron chi connectivity index (χ4n) is 2.42. The van der Waals surface area contributed by atoms with E-state index in [4.69, 9.17) is 0 Å². The summed E-state index contributed by atoms with van der Waals surface area (Å²) in [5.41, 5.74) is -0.790. The summed E-state index contributed by atoms with van der Waals surface area (Å²) in [6, 6.07) is 3.53. The summed E-state index contributed by atoms with van der Waals surface area (Å²) in [5.74, 6) is -0.181. The van der Waals surface area contributed by atoms with Crippen LogP contribution in [-0.2, 0) is 9.59 Å². The number of thiophene rings is 1. The molecular weight excluding hydrogens is 276 g/mol. The molecule has 1 aromatic heterocycles. The van der Waals surface area contributed by atoms with Crippen molar-refractivity contribution in [2.24, 2.45) is 0 Å². The summed E-state index contributed by atoms with van der Waals surface area (Å²) in [5, 5.41) is 14.7. The number of hydrogen-bond donors (Lipinski definition) is 2. The minimum Gasteiger partial charge on any atom is -0.388 e. The molecule has 1 saturated heterocycles. The van der Waals surface area contributed by atoms with Gasteiger partial charge in [-0.2, -0.15) is 0 Å². The lowest BCUT2D eigenvalue weighted by molar-refractivity contribution is -0.131. The highest BCUT2D eigenvalue weighted by atomic mass is 32.1. The average Bonchev–Trinajstić information content (AvgIpc) is 2.96. The Hall–Kier alpha value is -1.40. The van der Waals surface area contributed by atoms with Gasteiger partial charge in [0.1, 0.15) is 0 Å². The van der Waals surface area contributed by atoms with Gasteiger partial charge in [0.05, 0.1) is 18.1 Å². The van der Waals surface area contributed by atoms with Gasteiger partial charge in [0, 0.05) is 24.9 Å². The van der Waals surface area contributed by atoms with Gasteiger partial charge in [-0.1, -0.05) is 6.07 Å². The van der Waals surface area contributed by atoms with Gasteiger partial charge in [0.15, 0.2) is 0 Å². The number of carbonyl (C=O) groups is 2. The predicted molar refractivity (Wildman–Crippen MR) is 77.3 cm³/mol. The highest BCUT2D eigenvalue weighted by Gasteiger charge is 2.34. The molecule has 2 heterocycles. The second-order valence-electron chi connectivity index (χ2n) is 5.53. The zero-order chi connectivity index (χ0) is 14.8. The second kappa shape index (κ2) is 5.93. The zero-order valence-corrected chi connectivity index (χ0v) is 12.6. The average molecular weight is 296 g/mol. The molecule has 0 aromatic carbocycles. The smallest absolute Gasteiger partial charge is 0.225 e. The molecule has 1 aliphatic rings. The van der Waals surface area contributed by atoms with Crippen molar-refractivity contribution in [2.45, 2.75) is 38.3 Å². The Labute approximate surface area is 122 Å². The molecule has 6 heteroatoms. The van der Waals surface area contributed by atoms with E-state index in [1.54, 1.807) is 11.8 Å². The molecule has 1 fully saturated rings. The van der Waals surface area contributed by atoms with E-state index in [0.717, 1.165) is 4.88 Å². The van der Waals surface area contributed by atoms with Gasteiger partial charge in [-0.15, -0.1) is 11.3 Å². The largest absolute Gasteiger partial charge is 0.388 e. The van der Waals surface area contributed by atoms with Crippen molar-refractivity contribution in [3.8, 4) is 0 Å². The number of aliphatic hydroxyl groups is 1. The first-order valence-electron chi connectivity index (χ1n) is 6.68. The van der Waals surface area contributed by atoms with E-state index in [-0.39, 0.29) is 24.3 Å². The van der Waals surface area contributed by atoms with Gasteiger partial charge in [-0.25, -0.2) is 0 Å². The van der Waals surface area contributed by atoms with Crippen LogP contribution in [0.2, 0.25) is 0 Å². The van der Waals surface area contributed by atoms with E-state index in [2.05, 4.69) is 5.32 Å². The highest BCUT2D eigenvalue weighted by Crippen LogP contribution is 2.26. The first-order chi connectivity index (χ1) is 9.37. The number of β-amino-alcohol motifs (C(OH)–C–C–N with tert-alkyl or cyclic N) is 1. The Balaban J connectivity index is 2.01. The van der Waals surface area contributed by atoms with Crippen molar-refractivity contribution in [2.75, 3.05) is 13.1 Å². The van der Waals surface area contributed by atoms with Crippen LogP contribution in [0.25, 0.3) is 0 Å². The fourth-order valence-corrected chi connectivity index (χ4v) is 3.20. The first-order valence-corrected chi connectivity index (χ1v) is 7.56. The van der Waals surface area contributed by atoms with E-state index < -0.39 is 5.60 Å². The van der Waals surface area contributed by atoms with Gasteiger partial charge < -0.3 is 15.3 Å². The number of nitrogens with one attached hydrogen (secondary N) is 1. The monoisotopic (exact) mass is 296 g/mol. The number of amides is 2. The first kappa shape index (κ1) is 15.0. The highest BCUT2D eigenvalue weighted by molar-refractivity contribution is 7.10. The molecule has 5 nitrogen and oxygen atoms in total. The van der Waals surface area contributed by atoms with Crippen LogP contribution in [0, 0.1) is 0 Å². The van der Waals surface area contributed by atoms with E-state index in [0.29, 0.717) is 19.5 Å². The predicted octanol–water partition coefficient (Wildman–Crippen LogP) is 1.30. The molecule has 110 valence electrons. The third-order valence-electron chi connectivity index (χ3n) is 3.45. The molecule has 0 aliphatic carbocycles. The number of likely N-dealkylation sites (tertiary alicyclic amines) is 1. The number of nitrogens with zero attached hydrogens (tertiary/aromatic N) is 1. The van der Waals surface area contributed by atoms with Crippen LogP contribution in [0.1, 0.15) is 37.6 Å². The maximum atomic E-state index is 12.3. The summed E-state index contributed by atoms with van der Waals surface area (Å²) in [6.07, 6.45) is 0.832. The molecule has 0 saturated carbocycles.